The Kier molecular flexibility index (Phi) is 5.94. The summed E-state index contributed by atoms with van der Waals surface area (Å²) in [6.07, 6.45) is 7.14. The summed E-state index contributed by atoms with van der Waals surface area (Å²) >= 11 is 0. The van der Waals surface area contributed by atoms with Crippen molar-refractivity contribution in [2.45, 2.75) is 27.7 Å². The fourth-order valence-corrected chi connectivity index (χ4v) is 2.42. The maximum atomic E-state index is 11.6. The van der Waals surface area contributed by atoms with Gasteiger partial charge in [-0.2, -0.15) is 0 Å². The van der Waals surface area contributed by atoms with E-state index in [4.69, 9.17) is 0 Å². The standard InChI is InChI=1S/C12H18O2S/c1-5-7-11(3)9-15(13,14)10-12(4)8-6-2/h5-10H,1-4H3. The fourth-order valence-electron chi connectivity index (χ4n) is 1.16. The SMILES string of the molecule is CC=CC(C)=CS(=O)(=O)C=C(C)C=CC. The molecule has 0 saturated carbocycles. The van der Waals surface area contributed by atoms with Crippen molar-refractivity contribution < 1.29 is 8.42 Å². The Morgan fingerprint density at radius 1 is 0.867 bits per heavy atom. The Morgan fingerprint density at radius 2 is 1.20 bits per heavy atom. The van der Waals surface area contributed by atoms with Crippen LogP contribution in [0.4, 0.5) is 0 Å². The Hall–Kier alpha value is -1.09. The molecule has 15 heavy (non-hydrogen) atoms. The molecule has 0 radical (unpaired) electrons. The highest BCUT2D eigenvalue weighted by Crippen LogP contribution is 2.07. The van der Waals surface area contributed by atoms with Crippen LogP contribution in [-0.2, 0) is 9.84 Å². The van der Waals surface area contributed by atoms with Crippen molar-refractivity contribution in [1.82, 2.24) is 0 Å². The molecule has 0 bridgehead atoms. The van der Waals surface area contributed by atoms with Crippen molar-refractivity contribution >= 4 is 9.84 Å². The van der Waals surface area contributed by atoms with Crippen LogP contribution in [-0.4, -0.2) is 8.42 Å². The molecular weight excluding hydrogens is 208 g/mol. The Morgan fingerprint density at radius 3 is 1.47 bits per heavy atom. The first kappa shape index (κ1) is 13.9. The van der Waals surface area contributed by atoms with Gasteiger partial charge in [-0.3, -0.25) is 0 Å². The van der Waals surface area contributed by atoms with Gasteiger partial charge in [-0.15, -0.1) is 0 Å². The summed E-state index contributed by atoms with van der Waals surface area (Å²) in [4.78, 5) is 0. The first-order chi connectivity index (χ1) is 6.91. The minimum absolute atomic E-state index is 0.724. The molecule has 0 saturated heterocycles. The number of hydrogen-bond acceptors (Lipinski definition) is 2. The Bertz CT molecular complexity index is 373. The highest BCUT2D eigenvalue weighted by atomic mass is 32.2. The molecule has 2 nitrogen and oxygen atoms in total. The molecule has 0 rings (SSSR count). The molecule has 0 aromatic rings. The van der Waals surface area contributed by atoms with E-state index >= 15 is 0 Å². The van der Waals surface area contributed by atoms with E-state index < -0.39 is 9.84 Å². The summed E-state index contributed by atoms with van der Waals surface area (Å²) in [7, 11) is -3.25. The quantitative estimate of drug-likeness (QED) is 0.689. The van der Waals surface area contributed by atoms with E-state index in [0.717, 1.165) is 11.1 Å². The van der Waals surface area contributed by atoms with Crippen LogP contribution in [0.2, 0.25) is 0 Å². The van der Waals surface area contributed by atoms with Crippen LogP contribution in [0.3, 0.4) is 0 Å². The topological polar surface area (TPSA) is 34.1 Å². The van der Waals surface area contributed by atoms with Crippen LogP contribution >= 0.6 is 0 Å². The number of hydrogen-bond donors (Lipinski definition) is 0. The molecule has 0 aliphatic carbocycles. The predicted molar refractivity (Wildman–Crippen MR) is 66.1 cm³/mol. The molecule has 0 aliphatic heterocycles. The van der Waals surface area contributed by atoms with Crippen LogP contribution in [0.5, 0.6) is 0 Å². The minimum Gasteiger partial charge on any atom is -0.220 e. The van der Waals surface area contributed by atoms with Gasteiger partial charge in [0.25, 0.3) is 0 Å². The van der Waals surface area contributed by atoms with Gasteiger partial charge in [-0.25, -0.2) is 8.42 Å². The van der Waals surface area contributed by atoms with Crippen LogP contribution in [0.1, 0.15) is 27.7 Å². The van der Waals surface area contributed by atoms with E-state index in [0.29, 0.717) is 0 Å². The molecule has 0 aromatic carbocycles. The average Bonchev–Trinajstić information content (AvgIpc) is 2.01. The molecule has 0 unspecified atom stereocenters. The maximum Gasteiger partial charge on any atom is 0.193 e. The van der Waals surface area contributed by atoms with Gasteiger partial charge in [-0.1, -0.05) is 24.3 Å². The van der Waals surface area contributed by atoms with Crippen molar-refractivity contribution in [2.75, 3.05) is 0 Å². The first-order valence-corrected chi connectivity index (χ1v) is 6.39. The van der Waals surface area contributed by atoms with Crippen molar-refractivity contribution in [3.63, 3.8) is 0 Å². The maximum absolute atomic E-state index is 11.6. The highest BCUT2D eigenvalue weighted by Gasteiger charge is 2.01. The third-order valence-electron chi connectivity index (χ3n) is 1.56. The summed E-state index contributed by atoms with van der Waals surface area (Å²) in [6.45, 7) is 7.22. The smallest absolute Gasteiger partial charge is 0.193 e. The zero-order chi connectivity index (χ0) is 11.9. The van der Waals surface area contributed by atoms with E-state index in [1.165, 1.54) is 10.8 Å². The second-order valence-corrected chi connectivity index (χ2v) is 4.96. The largest absolute Gasteiger partial charge is 0.220 e. The van der Waals surface area contributed by atoms with Gasteiger partial charge in [0.1, 0.15) is 0 Å². The van der Waals surface area contributed by atoms with Gasteiger partial charge in [-0.05, 0) is 38.8 Å². The molecule has 0 aromatic heterocycles. The highest BCUT2D eigenvalue weighted by molar-refractivity contribution is 7.97. The van der Waals surface area contributed by atoms with E-state index in [1.54, 1.807) is 26.0 Å². The molecule has 3 heteroatoms. The summed E-state index contributed by atoms with van der Waals surface area (Å²) < 4.78 is 23.2. The predicted octanol–water partition coefficient (Wildman–Crippen LogP) is 3.36. The van der Waals surface area contributed by atoms with Gasteiger partial charge in [0, 0.05) is 10.8 Å². The second-order valence-electron chi connectivity index (χ2n) is 3.31. The van der Waals surface area contributed by atoms with Crippen molar-refractivity contribution in [3.05, 3.63) is 46.3 Å². The molecular formula is C12H18O2S. The van der Waals surface area contributed by atoms with Crippen LogP contribution in [0.15, 0.2) is 46.3 Å². The first-order valence-electron chi connectivity index (χ1n) is 4.78. The molecule has 0 atom stereocenters. The normalized spacial score (nSPS) is 15.5. The molecule has 0 N–H and O–H groups in total. The van der Waals surface area contributed by atoms with Crippen molar-refractivity contribution in [3.8, 4) is 0 Å². The molecule has 0 fully saturated rings. The average molecular weight is 226 g/mol. The van der Waals surface area contributed by atoms with E-state index in [-0.39, 0.29) is 0 Å². The Labute approximate surface area is 92.6 Å². The van der Waals surface area contributed by atoms with Crippen LogP contribution < -0.4 is 0 Å². The summed E-state index contributed by atoms with van der Waals surface area (Å²) in [5, 5.41) is 2.53. The third-order valence-corrected chi connectivity index (χ3v) is 2.96. The van der Waals surface area contributed by atoms with E-state index in [9.17, 15) is 8.42 Å². The van der Waals surface area contributed by atoms with E-state index in [1.807, 2.05) is 26.0 Å². The third kappa shape index (κ3) is 6.91. The lowest BCUT2D eigenvalue weighted by atomic mass is 10.3. The monoisotopic (exact) mass is 226 g/mol. The van der Waals surface area contributed by atoms with Gasteiger partial charge in [0.2, 0.25) is 0 Å². The number of sulfone groups is 1. The van der Waals surface area contributed by atoms with Crippen LogP contribution in [0, 0.1) is 0 Å². The summed E-state index contributed by atoms with van der Waals surface area (Å²) in [5.41, 5.74) is 1.45. The fraction of sp³-hybridized carbons (Fsp3) is 0.333. The minimum atomic E-state index is -3.25. The van der Waals surface area contributed by atoms with Gasteiger partial charge in [0.15, 0.2) is 9.84 Å². The van der Waals surface area contributed by atoms with Gasteiger partial charge < -0.3 is 0 Å². The molecule has 0 amide bonds. The molecule has 0 spiro atoms. The van der Waals surface area contributed by atoms with Gasteiger partial charge in [0.05, 0.1) is 0 Å². The Balaban J connectivity index is 5.03. The van der Waals surface area contributed by atoms with Crippen molar-refractivity contribution in [2.24, 2.45) is 0 Å². The summed E-state index contributed by atoms with van der Waals surface area (Å²) in [6, 6.07) is 0. The number of allylic oxidation sites excluding steroid dienone is 6. The lowest BCUT2D eigenvalue weighted by Crippen LogP contribution is -1.91. The second kappa shape index (κ2) is 6.40. The van der Waals surface area contributed by atoms with Crippen molar-refractivity contribution in [1.29, 1.82) is 0 Å². The molecule has 0 aliphatic rings. The lowest BCUT2D eigenvalue weighted by Gasteiger charge is -1.94. The summed E-state index contributed by atoms with van der Waals surface area (Å²) in [5.74, 6) is 0. The molecule has 84 valence electrons. The number of rotatable bonds is 4. The lowest BCUT2D eigenvalue weighted by molar-refractivity contribution is 0.612. The van der Waals surface area contributed by atoms with Gasteiger partial charge >= 0.3 is 0 Å². The molecule has 0 heterocycles. The van der Waals surface area contributed by atoms with E-state index in [2.05, 4.69) is 0 Å². The van der Waals surface area contributed by atoms with Crippen LogP contribution in [0.25, 0.3) is 0 Å². The zero-order valence-corrected chi connectivity index (χ0v) is 10.5. The zero-order valence-electron chi connectivity index (χ0n) is 9.69.